The Balaban J connectivity index is 1.44. The zero-order valence-electron chi connectivity index (χ0n) is 16.5. The molecule has 1 saturated heterocycles. The molecule has 1 aliphatic carbocycles. The summed E-state index contributed by atoms with van der Waals surface area (Å²) in [4.78, 5) is 26.2. The third kappa shape index (κ3) is 3.16. The van der Waals surface area contributed by atoms with Crippen molar-refractivity contribution in [2.45, 2.75) is 52.2 Å². The molecule has 2 amide bonds. The van der Waals surface area contributed by atoms with E-state index in [0.717, 1.165) is 41.9 Å². The maximum atomic E-state index is 12.7. The topological polar surface area (TPSA) is 88.1 Å². The van der Waals surface area contributed by atoms with Gasteiger partial charge in [-0.25, -0.2) is 4.79 Å². The number of aliphatic carboxylic acids is 1. The van der Waals surface area contributed by atoms with Crippen LogP contribution in [0.15, 0.2) is 12.1 Å². The van der Waals surface area contributed by atoms with Gasteiger partial charge in [-0.15, -0.1) is 0 Å². The number of nitrogens with zero attached hydrogens (tertiary/aromatic N) is 1. The second-order valence-electron chi connectivity index (χ2n) is 8.22. The summed E-state index contributed by atoms with van der Waals surface area (Å²) < 4.78 is 11.6. The van der Waals surface area contributed by atoms with Gasteiger partial charge in [-0.05, 0) is 44.7 Å². The molecule has 2 aliphatic heterocycles. The molecule has 0 radical (unpaired) electrons. The Morgan fingerprint density at radius 1 is 1.43 bits per heavy atom. The first-order valence-electron chi connectivity index (χ1n) is 10.1. The first-order valence-corrected chi connectivity index (χ1v) is 10.1. The molecule has 7 heteroatoms. The van der Waals surface area contributed by atoms with Crippen LogP contribution >= 0.6 is 0 Å². The van der Waals surface area contributed by atoms with Gasteiger partial charge in [0.15, 0.2) is 0 Å². The molecule has 7 nitrogen and oxygen atoms in total. The largest absolute Gasteiger partial charge is 0.494 e. The van der Waals surface area contributed by atoms with Crippen LogP contribution < -0.4 is 14.8 Å². The molecule has 3 aliphatic rings. The summed E-state index contributed by atoms with van der Waals surface area (Å²) in [6, 6.07) is 3.73. The number of ether oxygens (including phenoxy) is 2. The highest BCUT2D eigenvalue weighted by atomic mass is 16.5. The van der Waals surface area contributed by atoms with Gasteiger partial charge < -0.3 is 24.8 Å². The van der Waals surface area contributed by atoms with Crippen molar-refractivity contribution in [1.82, 2.24) is 10.2 Å². The minimum absolute atomic E-state index is 0.0598. The lowest BCUT2D eigenvalue weighted by Crippen LogP contribution is -2.41. The molecular weight excluding hydrogens is 360 g/mol. The summed E-state index contributed by atoms with van der Waals surface area (Å²) in [5.41, 5.74) is 1.24. The lowest BCUT2D eigenvalue weighted by molar-refractivity contribution is -0.149. The molecule has 2 N–H and O–H groups in total. The number of carboxylic acid groups (broad SMARTS) is 1. The lowest BCUT2D eigenvalue weighted by Gasteiger charge is -2.23. The van der Waals surface area contributed by atoms with Gasteiger partial charge in [-0.1, -0.05) is 6.42 Å². The molecule has 152 valence electrons. The fourth-order valence-corrected chi connectivity index (χ4v) is 4.99. The van der Waals surface area contributed by atoms with E-state index in [1.807, 2.05) is 26.0 Å². The molecule has 28 heavy (non-hydrogen) atoms. The number of benzene rings is 1. The number of carboxylic acids is 1. The third-order valence-corrected chi connectivity index (χ3v) is 6.39. The average molecular weight is 388 g/mol. The predicted octanol–water partition coefficient (Wildman–Crippen LogP) is 2.81. The molecule has 0 bridgehead atoms. The highest BCUT2D eigenvalue weighted by Crippen LogP contribution is 2.48. The smallest absolute Gasteiger partial charge is 0.317 e. The Morgan fingerprint density at radius 3 is 2.96 bits per heavy atom. The number of amides is 2. The van der Waals surface area contributed by atoms with E-state index in [2.05, 4.69) is 5.32 Å². The fourth-order valence-electron chi connectivity index (χ4n) is 4.99. The van der Waals surface area contributed by atoms with Gasteiger partial charge >= 0.3 is 12.0 Å². The van der Waals surface area contributed by atoms with Crippen molar-refractivity contribution in [3.05, 3.63) is 23.3 Å². The minimum atomic E-state index is -0.770. The quantitative estimate of drug-likeness (QED) is 0.810. The van der Waals surface area contributed by atoms with Crippen LogP contribution in [-0.2, 0) is 17.8 Å². The van der Waals surface area contributed by atoms with Crippen molar-refractivity contribution in [3.63, 3.8) is 0 Å². The van der Waals surface area contributed by atoms with E-state index in [1.54, 1.807) is 4.90 Å². The van der Waals surface area contributed by atoms with Gasteiger partial charge in [-0.3, -0.25) is 4.79 Å². The van der Waals surface area contributed by atoms with Crippen molar-refractivity contribution in [2.24, 2.45) is 11.3 Å². The van der Waals surface area contributed by atoms with E-state index in [9.17, 15) is 14.7 Å². The van der Waals surface area contributed by atoms with Crippen molar-refractivity contribution in [2.75, 3.05) is 19.7 Å². The number of carbonyl (C=O) groups is 2. The summed E-state index contributed by atoms with van der Waals surface area (Å²) in [6.07, 6.45) is 3.47. The van der Waals surface area contributed by atoms with E-state index >= 15 is 0 Å². The number of likely N-dealkylation sites (tertiary alicyclic amines) is 1. The third-order valence-electron chi connectivity index (χ3n) is 6.39. The molecule has 3 atom stereocenters. The van der Waals surface area contributed by atoms with Crippen LogP contribution in [0.3, 0.4) is 0 Å². The molecule has 1 unspecified atom stereocenters. The second-order valence-corrected chi connectivity index (χ2v) is 8.22. The van der Waals surface area contributed by atoms with Gasteiger partial charge in [0.1, 0.15) is 17.6 Å². The molecule has 2 fully saturated rings. The monoisotopic (exact) mass is 388 g/mol. The average Bonchev–Trinajstić information content (AvgIpc) is 3.30. The van der Waals surface area contributed by atoms with Crippen molar-refractivity contribution >= 4 is 12.0 Å². The van der Waals surface area contributed by atoms with Crippen LogP contribution in [0.4, 0.5) is 4.79 Å². The van der Waals surface area contributed by atoms with E-state index in [0.29, 0.717) is 32.7 Å². The van der Waals surface area contributed by atoms with Gasteiger partial charge in [0.05, 0.1) is 12.0 Å². The van der Waals surface area contributed by atoms with E-state index in [4.69, 9.17) is 9.47 Å². The fraction of sp³-hybridized carbons (Fsp3) is 0.619. The number of urea groups is 1. The summed E-state index contributed by atoms with van der Waals surface area (Å²) in [5, 5.41) is 12.6. The Labute approximate surface area is 165 Å². The lowest BCUT2D eigenvalue weighted by atomic mass is 9.81. The normalized spacial score (nSPS) is 27.9. The first kappa shape index (κ1) is 18.9. The van der Waals surface area contributed by atoms with E-state index < -0.39 is 11.4 Å². The standard InChI is InChI=1S/C21H28N2O5/c1-3-27-17-8-14-7-13(2)28-18(14)9-15(17)10-22-20(26)23-11-16-5-4-6-21(16,12-23)19(24)25/h8-9,13,16H,3-7,10-12H2,1-2H3,(H,22,26)(H,24,25)/t13?,16-,21+/m0/s1. The molecule has 1 aromatic carbocycles. The molecule has 2 heterocycles. The number of hydrogen-bond donors (Lipinski definition) is 2. The summed E-state index contributed by atoms with van der Waals surface area (Å²) in [7, 11) is 0. The number of hydrogen-bond acceptors (Lipinski definition) is 4. The number of nitrogens with one attached hydrogen (secondary N) is 1. The van der Waals surface area contributed by atoms with Gasteiger partial charge in [0, 0.05) is 37.2 Å². The minimum Gasteiger partial charge on any atom is -0.494 e. The molecule has 0 aromatic heterocycles. The maximum absolute atomic E-state index is 12.7. The first-order chi connectivity index (χ1) is 13.4. The Hall–Kier alpha value is -2.44. The molecular formula is C21H28N2O5. The van der Waals surface area contributed by atoms with Crippen LogP contribution in [0.5, 0.6) is 11.5 Å². The highest BCUT2D eigenvalue weighted by Gasteiger charge is 2.55. The van der Waals surface area contributed by atoms with Crippen molar-refractivity contribution in [3.8, 4) is 11.5 Å². The van der Waals surface area contributed by atoms with Gasteiger partial charge in [0.25, 0.3) is 0 Å². The zero-order chi connectivity index (χ0) is 19.9. The predicted molar refractivity (Wildman–Crippen MR) is 103 cm³/mol. The highest BCUT2D eigenvalue weighted by molar-refractivity contribution is 5.80. The van der Waals surface area contributed by atoms with Crippen molar-refractivity contribution < 1.29 is 24.2 Å². The van der Waals surface area contributed by atoms with Crippen LogP contribution in [-0.4, -0.2) is 47.8 Å². The van der Waals surface area contributed by atoms with Crippen LogP contribution in [0.25, 0.3) is 0 Å². The van der Waals surface area contributed by atoms with Crippen LogP contribution in [0.2, 0.25) is 0 Å². The maximum Gasteiger partial charge on any atom is 0.317 e. The van der Waals surface area contributed by atoms with Crippen molar-refractivity contribution in [1.29, 1.82) is 0 Å². The van der Waals surface area contributed by atoms with Crippen LogP contribution in [0.1, 0.15) is 44.2 Å². The second kappa shape index (κ2) is 7.18. The van der Waals surface area contributed by atoms with Gasteiger partial charge in [-0.2, -0.15) is 0 Å². The Kier molecular flexibility index (Phi) is 4.85. The molecule has 0 spiro atoms. The van der Waals surface area contributed by atoms with E-state index in [1.165, 1.54) is 0 Å². The summed E-state index contributed by atoms with van der Waals surface area (Å²) in [6.45, 7) is 5.64. The number of rotatable bonds is 5. The zero-order valence-corrected chi connectivity index (χ0v) is 16.5. The number of carbonyl (C=O) groups excluding carboxylic acids is 1. The molecule has 1 saturated carbocycles. The molecule has 4 rings (SSSR count). The summed E-state index contributed by atoms with van der Waals surface area (Å²) in [5.74, 6) is 0.902. The Bertz CT molecular complexity index is 795. The summed E-state index contributed by atoms with van der Waals surface area (Å²) >= 11 is 0. The molecule has 1 aromatic rings. The SMILES string of the molecule is CCOc1cc2c(cc1CNC(=O)N1C[C@@H]3CCC[C@@]3(C(=O)O)C1)OC(C)C2. The van der Waals surface area contributed by atoms with E-state index in [-0.39, 0.29) is 18.1 Å². The van der Waals surface area contributed by atoms with Crippen LogP contribution in [0, 0.1) is 11.3 Å². The Morgan fingerprint density at radius 2 is 2.25 bits per heavy atom. The number of fused-ring (bicyclic) bond motifs is 2. The van der Waals surface area contributed by atoms with Gasteiger partial charge in [0.2, 0.25) is 0 Å².